The lowest BCUT2D eigenvalue weighted by Gasteiger charge is -2.26. The molecule has 0 fully saturated rings. The quantitative estimate of drug-likeness (QED) is 0.264. The molecule has 31 heavy (non-hydrogen) atoms. The van der Waals surface area contributed by atoms with E-state index in [2.05, 4.69) is 32.7 Å². The predicted molar refractivity (Wildman–Crippen MR) is 131 cm³/mol. The van der Waals surface area contributed by atoms with Crippen molar-refractivity contribution in [3.8, 4) is 11.5 Å². The fourth-order valence-electron chi connectivity index (χ4n) is 3.06. The van der Waals surface area contributed by atoms with E-state index in [1.807, 2.05) is 32.3 Å². The number of aliphatic imine (C=N–C) groups is 1. The SMILES string of the molecule is CCOc1cccc(CNC(=NC)NCC(c2ccccc2)N(C)C)c1OC(F)F.I. The van der Waals surface area contributed by atoms with Gasteiger partial charge in [-0.1, -0.05) is 42.5 Å². The number of halogens is 3. The summed E-state index contributed by atoms with van der Waals surface area (Å²) in [6, 6.07) is 15.4. The van der Waals surface area contributed by atoms with E-state index in [9.17, 15) is 8.78 Å². The highest BCUT2D eigenvalue weighted by molar-refractivity contribution is 14.0. The number of nitrogens with zero attached hydrogens (tertiary/aromatic N) is 2. The maximum Gasteiger partial charge on any atom is 0.387 e. The van der Waals surface area contributed by atoms with Crippen LogP contribution < -0.4 is 20.1 Å². The van der Waals surface area contributed by atoms with E-state index in [0.29, 0.717) is 24.7 Å². The number of likely N-dealkylation sites (N-methyl/N-ethyl adjacent to an activating group) is 1. The molecular formula is C22H31F2IN4O2. The minimum atomic E-state index is -2.94. The number of nitrogens with one attached hydrogen (secondary N) is 2. The first-order chi connectivity index (χ1) is 14.5. The number of hydrogen-bond donors (Lipinski definition) is 2. The summed E-state index contributed by atoms with van der Waals surface area (Å²) in [7, 11) is 5.70. The Balaban J connectivity index is 0.00000480. The third kappa shape index (κ3) is 8.48. The first-order valence-electron chi connectivity index (χ1n) is 9.81. The van der Waals surface area contributed by atoms with Crippen LogP contribution in [-0.2, 0) is 6.54 Å². The largest absolute Gasteiger partial charge is 0.490 e. The monoisotopic (exact) mass is 548 g/mol. The van der Waals surface area contributed by atoms with Crippen LogP contribution in [0.3, 0.4) is 0 Å². The van der Waals surface area contributed by atoms with Crippen molar-refractivity contribution >= 4 is 29.9 Å². The van der Waals surface area contributed by atoms with Gasteiger partial charge in [-0.05, 0) is 32.6 Å². The van der Waals surface area contributed by atoms with Crippen LogP contribution in [-0.4, -0.2) is 51.8 Å². The Bertz CT molecular complexity index is 807. The summed E-state index contributed by atoms with van der Waals surface area (Å²) in [5.41, 5.74) is 1.74. The first kappa shape index (κ1) is 26.9. The average molecular weight is 548 g/mol. The van der Waals surface area contributed by atoms with Crippen molar-refractivity contribution in [1.29, 1.82) is 0 Å². The van der Waals surface area contributed by atoms with Gasteiger partial charge in [0.15, 0.2) is 17.5 Å². The smallest absolute Gasteiger partial charge is 0.387 e. The lowest BCUT2D eigenvalue weighted by Crippen LogP contribution is -2.41. The standard InChI is InChI=1S/C22H30F2N4O2.HI/c1-5-29-19-13-9-12-17(20(19)30-21(23)24)14-26-22(25-2)27-15-18(28(3)4)16-10-7-6-8-11-16;/h6-13,18,21H,5,14-15H2,1-4H3,(H2,25,26,27);1H. The molecule has 0 aliphatic carbocycles. The third-order valence-corrected chi connectivity index (χ3v) is 4.51. The summed E-state index contributed by atoms with van der Waals surface area (Å²) < 4.78 is 35.9. The third-order valence-electron chi connectivity index (χ3n) is 4.51. The van der Waals surface area contributed by atoms with Crippen LogP contribution in [0.4, 0.5) is 8.78 Å². The maximum absolute atomic E-state index is 12.9. The minimum absolute atomic E-state index is 0. The van der Waals surface area contributed by atoms with Gasteiger partial charge in [0.2, 0.25) is 0 Å². The Kier molecular flexibility index (Phi) is 12.2. The van der Waals surface area contributed by atoms with Crippen molar-refractivity contribution in [3.05, 3.63) is 59.7 Å². The van der Waals surface area contributed by atoms with Crippen LogP contribution in [0.1, 0.15) is 24.1 Å². The molecule has 0 aliphatic heterocycles. The Morgan fingerprint density at radius 2 is 1.77 bits per heavy atom. The van der Waals surface area contributed by atoms with Gasteiger partial charge in [-0.25, -0.2) is 0 Å². The summed E-state index contributed by atoms with van der Waals surface area (Å²) in [6.07, 6.45) is 0. The molecule has 172 valence electrons. The zero-order chi connectivity index (χ0) is 21.9. The van der Waals surface area contributed by atoms with Gasteiger partial charge in [-0.3, -0.25) is 4.99 Å². The van der Waals surface area contributed by atoms with Crippen LogP contribution in [0.15, 0.2) is 53.5 Å². The molecule has 0 aromatic heterocycles. The van der Waals surface area contributed by atoms with Gasteiger partial charge in [-0.15, -0.1) is 24.0 Å². The highest BCUT2D eigenvalue weighted by Gasteiger charge is 2.17. The molecule has 0 saturated heterocycles. The molecule has 0 saturated carbocycles. The summed E-state index contributed by atoms with van der Waals surface area (Å²) in [5, 5.41) is 6.45. The highest BCUT2D eigenvalue weighted by Crippen LogP contribution is 2.32. The van der Waals surface area contributed by atoms with E-state index >= 15 is 0 Å². The van der Waals surface area contributed by atoms with E-state index in [-0.39, 0.29) is 48.1 Å². The fraction of sp³-hybridized carbons (Fsp3) is 0.409. The van der Waals surface area contributed by atoms with Gasteiger partial charge in [0.05, 0.1) is 12.6 Å². The van der Waals surface area contributed by atoms with Crippen molar-refractivity contribution in [2.75, 3.05) is 34.3 Å². The Labute approximate surface area is 200 Å². The predicted octanol–water partition coefficient (Wildman–Crippen LogP) is 4.27. The lowest BCUT2D eigenvalue weighted by molar-refractivity contribution is -0.0520. The zero-order valence-corrected chi connectivity index (χ0v) is 20.6. The average Bonchev–Trinajstić information content (AvgIpc) is 2.72. The second kappa shape index (κ2) is 14.0. The number of benzene rings is 2. The number of ether oxygens (including phenoxy) is 2. The summed E-state index contributed by atoms with van der Waals surface area (Å²) in [6.45, 7) is 0.0768. The number of alkyl halides is 2. The van der Waals surface area contributed by atoms with Gasteiger partial charge in [0, 0.05) is 25.7 Å². The maximum atomic E-state index is 12.9. The normalized spacial score (nSPS) is 12.3. The lowest BCUT2D eigenvalue weighted by atomic mass is 10.1. The number of guanidine groups is 1. The van der Waals surface area contributed by atoms with E-state index < -0.39 is 6.61 Å². The summed E-state index contributed by atoms with van der Waals surface area (Å²) >= 11 is 0. The molecule has 0 amide bonds. The molecule has 9 heteroatoms. The molecule has 0 heterocycles. The topological polar surface area (TPSA) is 58.1 Å². The number of hydrogen-bond acceptors (Lipinski definition) is 4. The molecule has 2 rings (SSSR count). The van der Waals surface area contributed by atoms with Gasteiger partial charge >= 0.3 is 6.61 Å². The molecule has 0 radical (unpaired) electrons. The Morgan fingerprint density at radius 3 is 2.35 bits per heavy atom. The van der Waals surface area contributed by atoms with Gasteiger partial charge < -0.3 is 25.0 Å². The molecular weight excluding hydrogens is 517 g/mol. The van der Waals surface area contributed by atoms with E-state index in [4.69, 9.17) is 9.47 Å². The van der Waals surface area contributed by atoms with Crippen LogP contribution >= 0.6 is 24.0 Å². The molecule has 1 unspecified atom stereocenters. The second-order valence-electron chi connectivity index (χ2n) is 6.75. The van der Waals surface area contributed by atoms with Crippen LogP contribution in [0.25, 0.3) is 0 Å². The fourth-order valence-corrected chi connectivity index (χ4v) is 3.06. The zero-order valence-electron chi connectivity index (χ0n) is 18.3. The van der Waals surface area contributed by atoms with Crippen molar-refractivity contribution < 1.29 is 18.3 Å². The molecule has 0 spiro atoms. The van der Waals surface area contributed by atoms with Crippen molar-refractivity contribution in [2.24, 2.45) is 4.99 Å². The Hall–Kier alpha value is -2.14. The van der Waals surface area contributed by atoms with Crippen molar-refractivity contribution in [1.82, 2.24) is 15.5 Å². The van der Waals surface area contributed by atoms with E-state index in [0.717, 1.165) is 0 Å². The first-order valence-corrected chi connectivity index (χ1v) is 9.81. The summed E-state index contributed by atoms with van der Waals surface area (Å²) in [5.74, 6) is 0.882. The molecule has 2 N–H and O–H groups in total. The van der Waals surface area contributed by atoms with Crippen LogP contribution in [0.2, 0.25) is 0 Å². The molecule has 2 aromatic rings. The Morgan fingerprint density at radius 1 is 1.06 bits per heavy atom. The van der Waals surface area contributed by atoms with Crippen molar-refractivity contribution in [3.63, 3.8) is 0 Å². The molecule has 1 atom stereocenters. The van der Waals surface area contributed by atoms with Crippen LogP contribution in [0.5, 0.6) is 11.5 Å². The number of rotatable bonds is 10. The van der Waals surface area contributed by atoms with E-state index in [1.165, 1.54) is 5.56 Å². The molecule has 0 bridgehead atoms. The van der Waals surface area contributed by atoms with E-state index in [1.54, 1.807) is 32.2 Å². The minimum Gasteiger partial charge on any atom is -0.490 e. The van der Waals surface area contributed by atoms with Gasteiger partial charge in [0.25, 0.3) is 0 Å². The highest BCUT2D eigenvalue weighted by atomic mass is 127. The molecule has 0 aliphatic rings. The summed E-state index contributed by atoms with van der Waals surface area (Å²) in [4.78, 5) is 6.35. The van der Waals surface area contributed by atoms with Crippen LogP contribution in [0, 0.1) is 0 Å². The molecule has 2 aromatic carbocycles. The van der Waals surface area contributed by atoms with Gasteiger partial charge in [-0.2, -0.15) is 8.78 Å². The number of para-hydroxylation sites is 1. The molecule has 6 nitrogen and oxygen atoms in total. The van der Waals surface area contributed by atoms with Gasteiger partial charge in [0.1, 0.15) is 0 Å². The second-order valence-corrected chi connectivity index (χ2v) is 6.75. The van der Waals surface area contributed by atoms with Crippen molar-refractivity contribution in [2.45, 2.75) is 26.1 Å².